The van der Waals surface area contributed by atoms with Gasteiger partial charge in [-0.3, -0.25) is 4.79 Å². The number of amides is 1. The highest BCUT2D eigenvalue weighted by molar-refractivity contribution is 5.94. The number of hydrogen-bond acceptors (Lipinski definition) is 2. The SMILES string of the molecule is NCc1ccc(C(=O)N2CCCCCCC2)cc1. The number of hydrogen-bond donors (Lipinski definition) is 1. The fourth-order valence-corrected chi connectivity index (χ4v) is 2.42. The van der Waals surface area contributed by atoms with Crippen LogP contribution in [0.3, 0.4) is 0 Å². The molecule has 2 N–H and O–H groups in total. The Morgan fingerprint density at radius 2 is 1.56 bits per heavy atom. The molecular weight excluding hydrogens is 224 g/mol. The highest BCUT2D eigenvalue weighted by Crippen LogP contribution is 2.14. The van der Waals surface area contributed by atoms with Crippen LogP contribution in [0.4, 0.5) is 0 Å². The summed E-state index contributed by atoms with van der Waals surface area (Å²) in [6.07, 6.45) is 6.07. The molecule has 1 aliphatic heterocycles. The third kappa shape index (κ3) is 3.33. The lowest BCUT2D eigenvalue weighted by molar-refractivity contribution is 0.0742. The van der Waals surface area contributed by atoms with Gasteiger partial charge in [0.25, 0.3) is 5.91 Å². The maximum atomic E-state index is 12.4. The van der Waals surface area contributed by atoms with Gasteiger partial charge in [-0.2, -0.15) is 0 Å². The molecule has 0 aliphatic carbocycles. The van der Waals surface area contributed by atoms with Gasteiger partial charge in [-0.15, -0.1) is 0 Å². The number of benzene rings is 1. The zero-order valence-corrected chi connectivity index (χ0v) is 10.9. The van der Waals surface area contributed by atoms with E-state index in [0.717, 1.165) is 37.1 Å². The second kappa shape index (κ2) is 6.55. The molecule has 2 rings (SSSR count). The lowest BCUT2D eigenvalue weighted by Gasteiger charge is -2.24. The molecule has 3 heteroatoms. The van der Waals surface area contributed by atoms with Gasteiger partial charge in [-0.1, -0.05) is 31.4 Å². The lowest BCUT2D eigenvalue weighted by atomic mass is 10.1. The molecule has 18 heavy (non-hydrogen) atoms. The first kappa shape index (κ1) is 13.1. The van der Waals surface area contributed by atoms with Crippen LogP contribution in [-0.4, -0.2) is 23.9 Å². The Bertz CT molecular complexity index is 378. The Labute approximate surface area is 109 Å². The first-order chi connectivity index (χ1) is 8.81. The van der Waals surface area contributed by atoms with Crippen LogP contribution in [0.5, 0.6) is 0 Å². The van der Waals surface area contributed by atoms with Crippen molar-refractivity contribution in [2.24, 2.45) is 5.73 Å². The summed E-state index contributed by atoms with van der Waals surface area (Å²) in [5.74, 6) is 0.167. The van der Waals surface area contributed by atoms with Crippen LogP contribution in [0.25, 0.3) is 0 Å². The molecule has 0 atom stereocenters. The number of likely N-dealkylation sites (tertiary alicyclic amines) is 1. The van der Waals surface area contributed by atoms with E-state index in [0.29, 0.717) is 6.54 Å². The van der Waals surface area contributed by atoms with Crippen LogP contribution in [0.2, 0.25) is 0 Å². The number of carbonyl (C=O) groups is 1. The molecule has 0 radical (unpaired) electrons. The van der Waals surface area contributed by atoms with Crippen molar-refractivity contribution in [1.29, 1.82) is 0 Å². The van der Waals surface area contributed by atoms with Crippen LogP contribution in [0, 0.1) is 0 Å². The van der Waals surface area contributed by atoms with Crippen LogP contribution in [0.15, 0.2) is 24.3 Å². The summed E-state index contributed by atoms with van der Waals surface area (Å²) in [7, 11) is 0. The standard InChI is InChI=1S/C15H22N2O/c16-12-13-6-8-14(9-7-13)15(18)17-10-4-2-1-3-5-11-17/h6-9H,1-5,10-12,16H2. The fraction of sp³-hybridized carbons (Fsp3) is 0.533. The number of carbonyl (C=O) groups excluding carboxylic acids is 1. The summed E-state index contributed by atoms with van der Waals surface area (Å²) < 4.78 is 0. The van der Waals surface area contributed by atoms with Crippen molar-refractivity contribution in [2.75, 3.05) is 13.1 Å². The molecule has 0 bridgehead atoms. The van der Waals surface area contributed by atoms with Gasteiger partial charge in [0.05, 0.1) is 0 Å². The Morgan fingerprint density at radius 1 is 1.00 bits per heavy atom. The smallest absolute Gasteiger partial charge is 0.253 e. The Morgan fingerprint density at radius 3 is 2.11 bits per heavy atom. The van der Waals surface area contributed by atoms with Crippen molar-refractivity contribution >= 4 is 5.91 Å². The summed E-state index contributed by atoms with van der Waals surface area (Å²) in [4.78, 5) is 14.4. The summed E-state index contributed by atoms with van der Waals surface area (Å²) in [5, 5.41) is 0. The average Bonchev–Trinajstić information content (AvgIpc) is 2.38. The van der Waals surface area contributed by atoms with E-state index in [-0.39, 0.29) is 5.91 Å². The average molecular weight is 246 g/mol. The van der Waals surface area contributed by atoms with Crippen molar-refractivity contribution in [3.8, 4) is 0 Å². The second-order valence-corrected chi connectivity index (χ2v) is 4.96. The molecule has 1 saturated heterocycles. The van der Waals surface area contributed by atoms with Gasteiger partial charge in [0.1, 0.15) is 0 Å². The third-order valence-corrected chi connectivity index (χ3v) is 3.58. The molecule has 1 heterocycles. The van der Waals surface area contributed by atoms with Gasteiger partial charge < -0.3 is 10.6 Å². The van der Waals surface area contributed by atoms with Crippen molar-refractivity contribution < 1.29 is 4.79 Å². The summed E-state index contributed by atoms with van der Waals surface area (Å²) >= 11 is 0. The van der Waals surface area contributed by atoms with E-state index in [2.05, 4.69) is 0 Å². The predicted octanol–water partition coefficient (Wildman–Crippen LogP) is 2.55. The molecule has 1 fully saturated rings. The molecule has 0 unspecified atom stereocenters. The molecule has 0 spiro atoms. The van der Waals surface area contributed by atoms with Crippen LogP contribution in [-0.2, 0) is 6.54 Å². The van der Waals surface area contributed by atoms with E-state index < -0.39 is 0 Å². The first-order valence-corrected chi connectivity index (χ1v) is 6.89. The topological polar surface area (TPSA) is 46.3 Å². The zero-order chi connectivity index (χ0) is 12.8. The van der Waals surface area contributed by atoms with Gasteiger partial charge in [0.15, 0.2) is 0 Å². The first-order valence-electron chi connectivity index (χ1n) is 6.89. The molecule has 1 aliphatic rings. The highest BCUT2D eigenvalue weighted by Gasteiger charge is 2.16. The second-order valence-electron chi connectivity index (χ2n) is 4.96. The van der Waals surface area contributed by atoms with E-state index in [1.54, 1.807) is 0 Å². The Kier molecular flexibility index (Phi) is 4.76. The third-order valence-electron chi connectivity index (χ3n) is 3.58. The van der Waals surface area contributed by atoms with Crippen molar-refractivity contribution in [3.63, 3.8) is 0 Å². The minimum absolute atomic E-state index is 0.167. The molecule has 0 aromatic heterocycles. The zero-order valence-electron chi connectivity index (χ0n) is 10.9. The van der Waals surface area contributed by atoms with E-state index >= 15 is 0 Å². The van der Waals surface area contributed by atoms with Crippen LogP contribution in [0.1, 0.15) is 48.0 Å². The fourth-order valence-electron chi connectivity index (χ4n) is 2.42. The summed E-state index contributed by atoms with van der Waals surface area (Å²) in [6, 6.07) is 7.67. The van der Waals surface area contributed by atoms with E-state index in [4.69, 9.17) is 5.73 Å². The van der Waals surface area contributed by atoms with Crippen LogP contribution >= 0.6 is 0 Å². The molecule has 0 saturated carbocycles. The Hall–Kier alpha value is -1.35. The summed E-state index contributed by atoms with van der Waals surface area (Å²) in [6.45, 7) is 2.33. The molecule has 98 valence electrons. The van der Waals surface area contributed by atoms with Crippen LogP contribution < -0.4 is 5.73 Å². The predicted molar refractivity (Wildman–Crippen MR) is 73.3 cm³/mol. The highest BCUT2D eigenvalue weighted by atomic mass is 16.2. The van der Waals surface area contributed by atoms with Crippen molar-refractivity contribution in [2.45, 2.75) is 38.6 Å². The van der Waals surface area contributed by atoms with E-state index in [1.807, 2.05) is 29.2 Å². The van der Waals surface area contributed by atoms with Gasteiger partial charge in [0.2, 0.25) is 0 Å². The lowest BCUT2D eigenvalue weighted by Crippen LogP contribution is -2.33. The number of rotatable bonds is 2. The molecular formula is C15H22N2O. The largest absolute Gasteiger partial charge is 0.339 e. The van der Waals surface area contributed by atoms with Crippen molar-refractivity contribution in [1.82, 2.24) is 4.90 Å². The van der Waals surface area contributed by atoms with Gasteiger partial charge >= 0.3 is 0 Å². The molecule has 1 amide bonds. The van der Waals surface area contributed by atoms with Gasteiger partial charge in [0, 0.05) is 25.2 Å². The summed E-state index contributed by atoms with van der Waals surface area (Å²) in [5.41, 5.74) is 7.42. The minimum Gasteiger partial charge on any atom is -0.339 e. The van der Waals surface area contributed by atoms with E-state index in [9.17, 15) is 4.79 Å². The van der Waals surface area contributed by atoms with E-state index in [1.165, 1.54) is 19.3 Å². The van der Waals surface area contributed by atoms with Gasteiger partial charge in [-0.05, 0) is 30.5 Å². The normalized spacial score (nSPS) is 17.1. The minimum atomic E-state index is 0.167. The maximum absolute atomic E-state index is 12.4. The number of nitrogens with two attached hydrogens (primary N) is 1. The van der Waals surface area contributed by atoms with Gasteiger partial charge in [-0.25, -0.2) is 0 Å². The maximum Gasteiger partial charge on any atom is 0.253 e. The molecule has 1 aromatic carbocycles. The molecule has 3 nitrogen and oxygen atoms in total. The number of nitrogens with zero attached hydrogens (tertiary/aromatic N) is 1. The van der Waals surface area contributed by atoms with Crippen molar-refractivity contribution in [3.05, 3.63) is 35.4 Å². The monoisotopic (exact) mass is 246 g/mol. The molecule has 1 aromatic rings. The Balaban J connectivity index is 2.03. The quantitative estimate of drug-likeness (QED) is 0.871.